The first-order valence-corrected chi connectivity index (χ1v) is 11.7. The Balaban J connectivity index is 1.84. The fourth-order valence-corrected chi connectivity index (χ4v) is 4.67. The molecule has 0 fully saturated rings. The molecule has 0 atom stereocenters. The summed E-state index contributed by atoms with van der Waals surface area (Å²) in [5.41, 5.74) is 3.98. The van der Waals surface area contributed by atoms with E-state index in [1.165, 1.54) is 9.21 Å². The van der Waals surface area contributed by atoms with Gasteiger partial charge in [-0.1, -0.05) is 54.6 Å². The molecule has 0 spiro atoms. The summed E-state index contributed by atoms with van der Waals surface area (Å²) in [6.07, 6.45) is 0.521. The van der Waals surface area contributed by atoms with Gasteiger partial charge in [0.25, 0.3) is 0 Å². The minimum Gasteiger partial charge on any atom is -0.314 e. The van der Waals surface area contributed by atoms with Crippen molar-refractivity contribution in [2.24, 2.45) is 0 Å². The number of anilines is 1. The van der Waals surface area contributed by atoms with Crippen molar-refractivity contribution in [3.63, 3.8) is 0 Å². The molecule has 3 aromatic rings. The van der Waals surface area contributed by atoms with Gasteiger partial charge >= 0.3 is 0 Å². The van der Waals surface area contributed by atoms with Crippen molar-refractivity contribution in [3.05, 3.63) is 95.6 Å². The molecule has 0 saturated carbocycles. The molecule has 0 radical (unpaired) electrons. The number of rotatable bonds is 8. The molecule has 5 nitrogen and oxygen atoms in total. The van der Waals surface area contributed by atoms with Crippen LogP contribution in [0.4, 0.5) is 5.69 Å². The Hall–Kier alpha value is -2.96. The van der Waals surface area contributed by atoms with Crippen molar-refractivity contribution < 1.29 is 13.2 Å². The van der Waals surface area contributed by atoms with Gasteiger partial charge in [0.1, 0.15) is 0 Å². The number of carbonyl (C=O) groups excluding carboxylic acids is 1. The Morgan fingerprint density at radius 2 is 1.45 bits per heavy atom. The maximum atomic E-state index is 13.3. The van der Waals surface area contributed by atoms with E-state index in [4.69, 9.17) is 0 Å². The number of benzene rings is 3. The van der Waals surface area contributed by atoms with Crippen molar-refractivity contribution in [2.75, 3.05) is 25.0 Å². The van der Waals surface area contributed by atoms with Gasteiger partial charge in [0, 0.05) is 19.3 Å². The third-order valence-electron chi connectivity index (χ3n) is 5.44. The van der Waals surface area contributed by atoms with E-state index in [1.54, 1.807) is 37.4 Å². The van der Waals surface area contributed by atoms with Crippen LogP contribution < -0.4 is 4.90 Å². The molecule has 0 bridgehead atoms. The molecule has 0 saturated heterocycles. The number of aryl methyl sites for hydroxylation is 2. The normalized spacial score (nSPS) is 11.5. The number of hydrogen-bond acceptors (Lipinski definition) is 3. The SMILES string of the molecule is Cc1ccc(N(C)C(=O)CN(CCc2ccccc2)S(=O)(=O)c2ccccc2)cc1C. The van der Waals surface area contributed by atoms with Crippen LogP contribution in [0.3, 0.4) is 0 Å². The molecule has 162 valence electrons. The lowest BCUT2D eigenvalue weighted by molar-refractivity contribution is -0.118. The maximum absolute atomic E-state index is 13.3. The van der Waals surface area contributed by atoms with Crippen molar-refractivity contribution >= 4 is 21.6 Å². The summed E-state index contributed by atoms with van der Waals surface area (Å²) in [6, 6.07) is 23.7. The summed E-state index contributed by atoms with van der Waals surface area (Å²) in [5.74, 6) is -0.282. The smallest absolute Gasteiger partial charge is 0.243 e. The Morgan fingerprint density at radius 1 is 0.839 bits per heavy atom. The minimum atomic E-state index is -3.81. The van der Waals surface area contributed by atoms with Crippen LogP contribution in [0.2, 0.25) is 0 Å². The predicted molar refractivity (Wildman–Crippen MR) is 125 cm³/mol. The highest BCUT2D eigenvalue weighted by Crippen LogP contribution is 2.20. The highest BCUT2D eigenvalue weighted by atomic mass is 32.2. The first-order valence-electron chi connectivity index (χ1n) is 10.2. The summed E-state index contributed by atoms with van der Waals surface area (Å²) < 4.78 is 27.9. The number of likely N-dealkylation sites (N-methyl/N-ethyl adjacent to an activating group) is 1. The molecule has 0 N–H and O–H groups in total. The quantitative estimate of drug-likeness (QED) is 0.532. The monoisotopic (exact) mass is 436 g/mol. The largest absolute Gasteiger partial charge is 0.314 e. The predicted octanol–water partition coefficient (Wildman–Crippen LogP) is 4.20. The summed E-state index contributed by atoms with van der Waals surface area (Å²) in [5, 5.41) is 0. The van der Waals surface area contributed by atoms with Crippen molar-refractivity contribution in [3.8, 4) is 0 Å². The van der Waals surface area contributed by atoms with E-state index >= 15 is 0 Å². The lowest BCUT2D eigenvalue weighted by atomic mass is 10.1. The van der Waals surface area contributed by atoms with Gasteiger partial charge in [-0.25, -0.2) is 8.42 Å². The topological polar surface area (TPSA) is 57.7 Å². The molecular weight excluding hydrogens is 408 g/mol. The van der Waals surface area contributed by atoms with E-state index in [0.29, 0.717) is 6.42 Å². The van der Waals surface area contributed by atoms with Gasteiger partial charge in [-0.05, 0) is 61.2 Å². The summed E-state index contributed by atoms with van der Waals surface area (Å²) in [4.78, 5) is 14.8. The first-order chi connectivity index (χ1) is 14.8. The van der Waals surface area contributed by atoms with E-state index in [0.717, 1.165) is 22.4 Å². The van der Waals surface area contributed by atoms with E-state index in [9.17, 15) is 13.2 Å². The zero-order valence-corrected chi connectivity index (χ0v) is 19.0. The summed E-state index contributed by atoms with van der Waals surface area (Å²) in [7, 11) is -2.13. The Kier molecular flexibility index (Phi) is 7.25. The fraction of sp³-hybridized carbons (Fsp3) is 0.240. The average Bonchev–Trinajstić information content (AvgIpc) is 2.79. The standard InChI is InChI=1S/C25H28N2O3S/c1-20-14-15-23(18-21(20)2)26(3)25(28)19-27(17-16-22-10-6-4-7-11-22)31(29,30)24-12-8-5-9-13-24/h4-15,18H,16-17,19H2,1-3H3. The third kappa shape index (κ3) is 5.60. The molecular formula is C25H28N2O3S. The van der Waals surface area contributed by atoms with Gasteiger partial charge in [-0.2, -0.15) is 4.31 Å². The second kappa shape index (κ2) is 9.90. The van der Waals surface area contributed by atoms with Gasteiger partial charge in [-0.3, -0.25) is 4.79 Å². The minimum absolute atomic E-state index is 0.185. The van der Waals surface area contributed by atoms with Crippen LogP contribution in [-0.4, -0.2) is 38.8 Å². The third-order valence-corrected chi connectivity index (χ3v) is 7.30. The highest BCUT2D eigenvalue weighted by Gasteiger charge is 2.27. The molecule has 6 heteroatoms. The van der Waals surface area contributed by atoms with Crippen LogP contribution in [0, 0.1) is 13.8 Å². The average molecular weight is 437 g/mol. The van der Waals surface area contributed by atoms with Crippen LogP contribution in [-0.2, 0) is 21.2 Å². The van der Waals surface area contributed by atoms with Crippen LogP contribution in [0.25, 0.3) is 0 Å². The Labute approximate surface area is 185 Å². The molecule has 31 heavy (non-hydrogen) atoms. The summed E-state index contributed by atoms with van der Waals surface area (Å²) in [6.45, 7) is 3.99. The zero-order valence-electron chi connectivity index (χ0n) is 18.2. The molecule has 3 aromatic carbocycles. The second-order valence-corrected chi connectivity index (χ2v) is 9.55. The van der Waals surface area contributed by atoms with Crippen LogP contribution in [0.5, 0.6) is 0 Å². The van der Waals surface area contributed by atoms with E-state index in [2.05, 4.69) is 0 Å². The molecule has 1 amide bonds. The van der Waals surface area contributed by atoms with Crippen LogP contribution >= 0.6 is 0 Å². The number of nitrogens with zero attached hydrogens (tertiary/aromatic N) is 2. The maximum Gasteiger partial charge on any atom is 0.243 e. The van der Waals surface area contributed by atoms with E-state index in [1.807, 2.05) is 62.4 Å². The molecule has 0 unspecified atom stereocenters. The molecule has 0 aliphatic heterocycles. The lowest BCUT2D eigenvalue weighted by Crippen LogP contribution is -2.42. The van der Waals surface area contributed by atoms with Gasteiger partial charge in [0.2, 0.25) is 15.9 Å². The molecule has 0 aliphatic rings. The van der Waals surface area contributed by atoms with E-state index in [-0.39, 0.29) is 23.9 Å². The molecule has 0 aromatic heterocycles. The molecule has 0 aliphatic carbocycles. The second-order valence-electron chi connectivity index (χ2n) is 7.61. The highest BCUT2D eigenvalue weighted by molar-refractivity contribution is 7.89. The van der Waals surface area contributed by atoms with Gasteiger partial charge in [0.05, 0.1) is 11.4 Å². The van der Waals surface area contributed by atoms with Crippen molar-refractivity contribution in [2.45, 2.75) is 25.2 Å². The van der Waals surface area contributed by atoms with Crippen molar-refractivity contribution in [1.82, 2.24) is 4.31 Å². The zero-order chi connectivity index (χ0) is 22.4. The number of amides is 1. The van der Waals surface area contributed by atoms with Gasteiger partial charge in [-0.15, -0.1) is 0 Å². The number of hydrogen-bond donors (Lipinski definition) is 0. The lowest BCUT2D eigenvalue weighted by Gasteiger charge is -2.25. The van der Waals surface area contributed by atoms with Gasteiger partial charge < -0.3 is 4.90 Å². The molecule has 3 rings (SSSR count). The number of sulfonamides is 1. The first kappa shape index (κ1) is 22.7. The summed E-state index contributed by atoms with van der Waals surface area (Å²) >= 11 is 0. The molecule has 0 heterocycles. The van der Waals surface area contributed by atoms with Gasteiger partial charge in [0.15, 0.2) is 0 Å². The Bertz CT molecular complexity index is 1130. The van der Waals surface area contributed by atoms with Crippen molar-refractivity contribution in [1.29, 1.82) is 0 Å². The Morgan fingerprint density at radius 3 is 2.06 bits per heavy atom. The number of carbonyl (C=O) groups is 1. The van der Waals surface area contributed by atoms with E-state index < -0.39 is 10.0 Å². The fourth-order valence-electron chi connectivity index (χ4n) is 3.26. The van der Waals surface area contributed by atoms with Crippen LogP contribution in [0.1, 0.15) is 16.7 Å². The van der Waals surface area contributed by atoms with Crippen LogP contribution in [0.15, 0.2) is 83.8 Å².